The largest absolute Gasteiger partial charge is 0.346 e. The van der Waals surface area contributed by atoms with E-state index in [2.05, 4.69) is 25.4 Å². The van der Waals surface area contributed by atoms with Gasteiger partial charge in [0.1, 0.15) is 18.3 Å². The number of amides is 1. The number of nitrogens with one attached hydrogen (secondary N) is 1. The van der Waals surface area contributed by atoms with Gasteiger partial charge in [-0.25, -0.2) is 14.6 Å². The van der Waals surface area contributed by atoms with Gasteiger partial charge in [0, 0.05) is 12.7 Å². The van der Waals surface area contributed by atoms with Crippen LogP contribution in [0.1, 0.15) is 21.7 Å². The maximum atomic E-state index is 12.1. The van der Waals surface area contributed by atoms with E-state index in [9.17, 15) is 4.79 Å². The summed E-state index contributed by atoms with van der Waals surface area (Å²) in [6.07, 6.45) is 6.12. The minimum Gasteiger partial charge on any atom is -0.346 e. The summed E-state index contributed by atoms with van der Waals surface area (Å²) in [7, 11) is 0. The molecule has 0 aliphatic rings. The molecule has 0 atom stereocenters. The Morgan fingerprint density at radius 1 is 1.23 bits per heavy atom. The van der Waals surface area contributed by atoms with Crippen molar-refractivity contribution >= 4 is 5.91 Å². The van der Waals surface area contributed by atoms with Gasteiger partial charge in [-0.3, -0.25) is 9.78 Å². The number of aromatic nitrogens is 5. The lowest BCUT2D eigenvalue weighted by atomic mass is 10.1. The third kappa shape index (κ3) is 2.98. The number of carbonyl (C=O) groups excluding carboxylic acids is 1. The third-order valence-electron chi connectivity index (χ3n) is 3.11. The van der Waals surface area contributed by atoms with Crippen molar-refractivity contribution in [1.82, 2.24) is 30.0 Å². The summed E-state index contributed by atoms with van der Waals surface area (Å²) in [5.74, 6) is -0.263. The second-order valence-electron chi connectivity index (χ2n) is 4.69. The van der Waals surface area contributed by atoms with Crippen LogP contribution in [0.4, 0.5) is 0 Å². The molecule has 7 nitrogen and oxygen atoms in total. The lowest BCUT2D eigenvalue weighted by molar-refractivity contribution is 0.0945. The SMILES string of the molecule is Cc1cnc(C(=O)NCc2ccccc2-n2cncn2)cn1. The average Bonchev–Trinajstić information content (AvgIpc) is 3.08. The van der Waals surface area contributed by atoms with Crippen molar-refractivity contribution in [3.8, 4) is 5.69 Å². The molecule has 1 amide bonds. The number of hydrogen-bond acceptors (Lipinski definition) is 5. The van der Waals surface area contributed by atoms with E-state index in [4.69, 9.17) is 0 Å². The highest BCUT2D eigenvalue weighted by atomic mass is 16.1. The van der Waals surface area contributed by atoms with Crippen LogP contribution < -0.4 is 5.32 Å². The second kappa shape index (κ2) is 6.13. The molecule has 1 aromatic carbocycles. The Labute approximate surface area is 127 Å². The van der Waals surface area contributed by atoms with Gasteiger partial charge in [0.05, 0.1) is 17.6 Å². The average molecular weight is 294 g/mol. The van der Waals surface area contributed by atoms with E-state index in [1.807, 2.05) is 31.2 Å². The van der Waals surface area contributed by atoms with Crippen molar-refractivity contribution in [2.45, 2.75) is 13.5 Å². The zero-order chi connectivity index (χ0) is 15.4. The van der Waals surface area contributed by atoms with Crippen LogP contribution in [-0.2, 0) is 6.54 Å². The summed E-state index contributed by atoms with van der Waals surface area (Å²) >= 11 is 0. The molecule has 2 aromatic heterocycles. The van der Waals surface area contributed by atoms with Gasteiger partial charge in [0.25, 0.3) is 5.91 Å². The van der Waals surface area contributed by atoms with E-state index >= 15 is 0 Å². The molecule has 0 aliphatic carbocycles. The molecule has 0 aliphatic heterocycles. The predicted molar refractivity (Wildman–Crippen MR) is 79.3 cm³/mol. The van der Waals surface area contributed by atoms with Crippen LogP contribution in [0.2, 0.25) is 0 Å². The monoisotopic (exact) mass is 294 g/mol. The first-order chi connectivity index (χ1) is 10.7. The number of aryl methyl sites for hydroxylation is 1. The van der Waals surface area contributed by atoms with Gasteiger partial charge >= 0.3 is 0 Å². The molecule has 110 valence electrons. The fourth-order valence-electron chi connectivity index (χ4n) is 1.99. The summed E-state index contributed by atoms with van der Waals surface area (Å²) in [5, 5.41) is 6.95. The van der Waals surface area contributed by atoms with Gasteiger partial charge in [0.2, 0.25) is 0 Å². The number of rotatable bonds is 4. The number of nitrogens with zero attached hydrogens (tertiary/aromatic N) is 5. The summed E-state index contributed by atoms with van der Waals surface area (Å²) in [4.78, 5) is 24.1. The van der Waals surface area contributed by atoms with E-state index in [1.165, 1.54) is 12.5 Å². The van der Waals surface area contributed by atoms with E-state index in [1.54, 1.807) is 17.2 Å². The van der Waals surface area contributed by atoms with E-state index in [0.717, 1.165) is 16.9 Å². The van der Waals surface area contributed by atoms with Crippen LogP contribution in [0.5, 0.6) is 0 Å². The molecule has 0 radical (unpaired) electrons. The number of benzene rings is 1. The Morgan fingerprint density at radius 2 is 2.09 bits per heavy atom. The summed E-state index contributed by atoms with van der Waals surface area (Å²) in [5.41, 5.74) is 2.87. The molecule has 1 N–H and O–H groups in total. The quantitative estimate of drug-likeness (QED) is 0.783. The van der Waals surface area contributed by atoms with Crippen LogP contribution in [0.15, 0.2) is 49.3 Å². The standard InChI is InChI=1S/C15H14N6O/c1-11-6-18-13(8-17-11)15(22)19-7-12-4-2-3-5-14(12)21-10-16-9-20-21/h2-6,8-10H,7H2,1H3,(H,19,22). The van der Waals surface area contributed by atoms with Crippen LogP contribution >= 0.6 is 0 Å². The van der Waals surface area contributed by atoms with E-state index in [-0.39, 0.29) is 5.91 Å². The van der Waals surface area contributed by atoms with Crippen LogP contribution in [-0.4, -0.2) is 30.6 Å². The van der Waals surface area contributed by atoms with Crippen molar-refractivity contribution in [3.63, 3.8) is 0 Å². The molecule has 7 heteroatoms. The first kappa shape index (κ1) is 13.9. The van der Waals surface area contributed by atoms with Gasteiger partial charge < -0.3 is 5.32 Å². The molecule has 3 aromatic rings. The first-order valence-corrected chi connectivity index (χ1v) is 6.74. The highest BCUT2D eigenvalue weighted by Crippen LogP contribution is 2.12. The minimum absolute atomic E-state index is 0.263. The van der Waals surface area contributed by atoms with Crippen molar-refractivity contribution in [3.05, 3.63) is 66.3 Å². The molecule has 0 spiro atoms. The summed E-state index contributed by atoms with van der Waals surface area (Å²) in [6.45, 7) is 2.19. The van der Waals surface area contributed by atoms with Gasteiger partial charge in [-0.15, -0.1) is 0 Å². The summed E-state index contributed by atoms with van der Waals surface area (Å²) in [6, 6.07) is 7.67. The highest BCUT2D eigenvalue weighted by Gasteiger charge is 2.09. The zero-order valence-electron chi connectivity index (χ0n) is 12.0. The Hall–Kier alpha value is -3.09. The first-order valence-electron chi connectivity index (χ1n) is 6.74. The Balaban J connectivity index is 1.74. The molecule has 0 saturated heterocycles. The van der Waals surface area contributed by atoms with Gasteiger partial charge in [-0.2, -0.15) is 5.10 Å². The lowest BCUT2D eigenvalue weighted by Crippen LogP contribution is -2.24. The molecule has 0 fully saturated rings. The van der Waals surface area contributed by atoms with Crippen molar-refractivity contribution in [2.24, 2.45) is 0 Å². The highest BCUT2D eigenvalue weighted by molar-refractivity contribution is 5.91. The fourth-order valence-corrected chi connectivity index (χ4v) is 1.99. The predicted octanol–water partition coefficient (Wildman–Crippen LogP) is 1.30. The van der Waals surface area contributed by atoms with Crippen LogP contribution in [0, 0.1) is 6.92 Å². The molecular formula is C15H14N6O. The molecule has 0 unspecified atom stereocenters. The second-order valence-corrected chi connectivity index (χ2v) is 4.69. The van der Waals surface area contributed by atoms with Crippen LogP contribution in [0.3, 0.4) is 0 Å². The molecule has 22 heavy (non-hydrogen) atoms. The normalized spacial score (nSPS) is 10.4. The lowest BCUT2D eigenvalue weighted by Gasteiger charge is -2.10. The zero-order valence-corrected chi connectivity index (χ0v) is 12.0. The van der Waals surface area contributed by atoms with Crippen molar-refractivity contribution < 1.29 is 4.79 Å². The Morgan fingerprint density at radius 3 is 2.82 bits per heavy atom. The molecule has 0 saturated carbocycles. The Bertz CT molecular complexity index is 767. The van der Waals surface area contributed by atoms with Gasteiger partial charge in [-0.1, -0.05) is 18.2 Å². The maximum absolute atomic E-state index is 12.1. The van der Waals surface area contributed by atoms with Gasteiger partial charge in [0.15, 0.2) is 0 Å². The maximum Gasteiger partial charge on any atom is 0.271 e. The number of para-hydroxylation sites is 1. The smallest absolute Gasteiger partial charge is 0.271 e. The number of hydrogen-bond donors (Lipinski definition) is 1. The molecule has 0 bridgehead atoms. The molecular weight excluding hydrogens is 280 g/mol. The van der Waals surface area contributed by atoms with Gasteiger partial charge in [-0.05, 0) is 18.6 Å². The number of carbonyl (C=O) groups is 1. The van der Waals surface area contributed by atoms with E-state index in [0.29, 0.717) is 12.2 Å². The van der Waals surface area contributed by atoms with Crippen molar-refractivity contribution in [1.29, 1.82) is 0 Å². The molecule has 2 heterocycles. The fraction of sp³-hybridized carbons (Fsp3) is 0.133. The topological polar surface area (TPSA) is 85.6 Å². The third-order valence-corrected chi connectivity index (χ3v) is 3.11. The summed E-state index contributed by atoms with van der Waals surface area (Å²) < 4.78 is 1.66. The van der Waals surface area contributed by atoms with E-state index < -0.39 is 0 Å². The Kier molecular flexibility index (Phi) is 3.86. The van der Waals surface area contributed by atoms with Crippen LogP contribution in [0.25, 0.3) is 5.69 Å². The molecule has 3 rings (SSSR count). The van der Waals surface area contributed by atoms with Crippen molar-refractivity contribution in [2.75, 3.05) is 0 Å². The minimum atomic E-state index is -0.263.